The molecule has 0 bridgehead atoms. The van der Waals surface area contributed by atoms with E-state index in [0.717, 1.165) is 0 Å². The van der Waals surface area contributed by atoms with Gasteiger partial charge in [0.25, 0.3) is 0 Å². The van der Waals surface area contributed by atoms with E-state index in [0.29, 0.717) is 13.1 Å². The third-order valence-corrected chi connectivity index (χ3v) is 2.31. The third-order valence-electron chi connectivity index (χ3n) is 1.84. The fourth-order valence-corrected chi connectivity index (χ4v) is 1.71. The molecule has 0 aromatic rings. The van der Waals surface area contributed by atoms with Crippen molar-refractivity contribution in [3.05, 3.63) is 0 Å². The van der Waals surface area contributed by atoms with Crippen LogP contribution in [0.4, 0.5) is 4.79 Å². The van der Waals surface area contributed by atoms with E-state index in [-0.39, 0.29) is 12.1 Å². The maximum atomic E-state index is 11.3. The second-order valence-electron chi connectivity index (χ2n) is 2.93. The SMILES string of the molecule is CSOC1CN(C)C(=O)N(C)C1. The van der Waals surface area contributed by atoms with Gasteiger partial charge in [-0.2, -0.15) is 0 Å². The molecule has 0 saturated carbocycles. The number of amides is 2. The Hall–Kier alpha value is -0.420. The average molecular weight is 190 g/mol. The smallest absolute Gasteiger partial charge is 0.319 e. The van der Waals surface area contributed by atoms with Crippen LogP contribution in [0.15, 0.2) is 0 Å². The fraction of sp³-hybridized carbons (Fsp3) is 0.857. The minimum atomic E-state index is 0.0657. The molecule has 1 aliphatic rings. The molecule has 12 heavy (non-hydrogen) atoms. The predicted molar refractivity (Wildman–Crippen MR) is 49.0 cm³/mol. The van der Waals surface area contributed by atoms with Gasteiger partial charge in [0, 0.05) is 20.4 Å². The summed E-state index contributed by atoms with van der Waals surface area (Å²) in [6.45, 7) is 1.37. The topological polar surface area (TPSA) is 32.8 Å². The van der Waals surface area contributed by atoms with Gasteiger partial charge in [0.05, 0.1) is 13.1 Å². The summed E-state index contributed by atoms with van der Waals surface area (Å²) in [7, 11) is 3.57. The fourth-order valence-electron chi connectivity index (χ4n) is 1.31. The second-order valence-corrected chi connectivity index (χ2v) is 3.45. The Morgan fingerprint density at radius 1 is 1.42 bits per heavy atom. The Labute approximate surface area is 77.0 Å². The highest BCUT2D eigenvalue weighted by Crippen LogP contribution is 2.12. The molecule has 0 atom stereocenters. The highest BCUT2D eigenvalue weighted by atomic mass is 32.2. The first-order chi connectivity index (χ1) is 5.65. The van der Waals surface area contributed by atoms with Gasteiger partial charge in [0.1, 0.15) is 6.10 Å². The summed E-state index contributed by atoms with van der Waals surface area (Å²) in [5.74, 6) is 0. The number of hydrogen-bond acceptors (Lipinski definition) is 3. The van der Waals surface area contributed by atoms with E-state index in [1.807, 2.05) is 6.26 Å². The van der Waals surface area contributed by atoms with Gasteiger partial charge < -0.3 is 14.0 Å². The number of hydrogen-bond donors (Lipinski definition) is 0. The summed E-state index contributed by atoms with van der Waals surface area (Å²) >= 11 is 1.35. The van der Waals surface area contributed by atoms with Crippen LogP contribution in [-0.4, -0.2) is 55.4 Å². The van der Waals surface area contributed by atoms with Crippen molar-refractivity contribution in [3.63, 3.8) is 0 Å². The molecule has 1 rings (SSSR count). The molecule has 0 radical (unpaired) electrons. The van der Waals surface area contributed by atoms with Crippen LogP contribution in [0.25, 0.3) is 0 Å². The van der Waals surface area contributed by atoms with E-state index < -0.39 is 0 Å². The molecule has 0 spiro atoms. The van der Waals surface area contributed by atoms with Crippen molar-refractivity contribution in [3.8, 4) is 0 Å². The van der Waals surface area contributed by atoms with Crippen molar-refractivity contribution in [1.82, 2.24) is 9.80 Å². The van der Waals surface area contributed by atoms with Crippen LogP contribution in [0.2, 0.25) is 0 Å². The average Bonchev–Trinajstić information content (AvgIpc) is 2.01. The molecule has 0 N–H and O–H groups in total. The van der Waals surface area contributed by atoms with E-state index in [9.17, 15) is 4.79 Å². The standard InChI is InChI=1S/C7H14N2O2S/c1-8-4-6(11-12-3)5-9(2)7(8)10/h6H,4-5H2,1-3H3. The lowest BCUT2D eigenvalue weighted by Gasteiger charge is -2.35. The van der Waals surface area contributed by atoms with E-state index in [1.54, 1.807) is 23.9 Å². The van der Waals surface area contributed by atoms with Gasteiger partial charge >= 0.3 is 6.03 Å². The highest BCUT2D eigenvalue weighted by Gasteiger charge is 2.27. The largest absolute Gasteiger partial charge is 0.325 e. The van der Waals surface area contributed by atoms with Crippen molar-refractivity contribution in [1.29, 1.82) is 0 Å². The Balaban J connectivity index is 2.47. The Morgan fingerprint density at radius 3 is 2.33 bits per heavy atom. The normalized spacial score (nSPS) is 20.4. The summed E-state index contributed by atoms with van der Waals surface area (Å²) in [5, 5.41) is 0. The van der Waals surface area contributed by atoms with Crippen LogP contribution in [0.3, 0.4) is 0 Å². The highest BCUT2D eigenvalue weighted by molar-refractivity contribution is 7.93. The molecule has 0 aromatic carbocycles. The van der Waals surface area contributed by atoms with Crippen LogP contribution in [0.5, 0.6) is 0 Å². The third kappa shape index (κ3) is 2.04. The lowest BCUT2D eigenvalue weighted by Crippen LogP contribution is -2.52. The Kier molecular flexibility index (Phi) is 3.22. The molecule has 0 aromatic heterocycles. The van der Waals surface area contributed by atoms with E-state index in [1.165, 1.54) is 12.0 Å². The summed E-state index contributed by atoms with van der Waals surface area (Å²) < 4.78 is 5.35. The van der Waals surface area contributed by atoms with Crippen LogP contribution in [0, 0.1) is 0 Å². The maximum absolute atomic E-state index is 11.3. The zero-order valence-corrected chi connectivity index (χ0v) is 8.43. The summed E-state index contributed by atoms with van der Waals surface area (Å²) in [6.07, 6.45) is 2.02. The molecule has 4 nitrogen and oxygen atoms in total. The quantitative estimate of drug-likeness (QED) is 0.599. The maximum Gasteiger partial charge on any atom is 0.319 e. The molecular formula is C7H14N2O2S. The van der Waals surface area contributed by atoms with E-state index >= 15 is 0 Å². The number of nitrogens with zero attached hydrogens (tertiary/aromatic N) is 2. The van der Waals surface area contributed by atoms with Gasteiger partial charge in [-0.3, -0.25) is 0 Å². The second kappa shape index (κ2) is 4.00. The molecule has 1 saturated heterocycles. The number of carbonyl (C=O) groups is 1. The minimum absolute atomic E-state index is 0.0657. The van der Waals surface area contributed by atoms with Crippen LogP contribution >= 0.6 is 12.0 Å². The van der Waals surface area contributed by atoms with Crippen LogP contribution < -0.4 is 0 Å². The van der Waals surface area contributed by atoms with Crippen molar-refractivity contribution in [2.24, 2.45) is 0 Å². The zero-order valence-electron chi connectivity index (χ0n) is 7.61. The lowest BCUT2D eigenvalue weighted by atomic mass is 10.3. The number of urea groups is 1. The van der Waals surface area contributed by atoms with Crippen LogP contribution in [-0.2, 0) is 4.18 Å². The molecule has 1 aliphatic heterocycles. The van der Waals surface area contributed by atoms with Gasteiger partial charge in [-0.05, 0) is 12.0 Å². The van der Waals surface area contributed by atoms with Crippen molar-refractivity contribution in [2.45, 2.75) is 6.10 Å². The van der Waals surface area contributed by atoms with E-state index in [4.69, 9.17) is 4.18 Å². The van der Waals surface area contributed by atoms with Crippen molar-refractivity contribution >= 4 is 18.1 Å². The molecule has 70 valence electrons. The summed E-state index contributed by atoms with van der Waals surface area (Å²) in [6, 6.07) is 0.0657. The van der Waals surface area contributed by atoms with Crippen molar-refractivity contribution in [2.75, 3.05) is 33.4 Å². The van der Waals surface area contributed by atoms with Gasteiger partial charge in [0.2, 0.25) is 0 Å². The molecule has 0 aliphatic carbocycles. The Morgan fingerprint density at radius 2 is 1.92 bits per heavy atom. The van der Waals surface area contributed by atoms with Gasteiger partial charge in [-0.1, -0.05) is 0 Å². The monoisotopic (exact) mass is 190 g/mol. The first-order valence-corrected chi connectivity index (χ1v) is 4.96. The molecule has 5 heteroatoms. The predicted octanol–water partition coefficient (Wildman–Crippen LogP) is 0.647. The number of likely N-dealkylation sites (N-methyl/N-ethyl adjacent to an activating group) is 2. The van der Waals surface area contributed by atoms with Gasteiger partial charge in [0.15, 0.2) is 0 Å². The number of rotatable bonds is 2. The zero-order chi connectivity index (χ0) is 9.14. The van der Waals surface area contributed by atoms with Gasteiger partial charge in [-0.25, -0.2) is 4.79 Å². The Bertz CT molecular complexity index is 163. The first-order valence-electron chi connectivity index (χ1n) is 3.81. The summed E-state index contributed by atoms with van der Waals surface area (Å²) in [4.78, 5) is 14.6. The van der Waals surface area contributed by atoms with Gasteiger partial charge in [-0.15, -0.1) is 0 Å². The lowest BCUT2D eigenvalue weighted by molar-refractivity contribution is 0.0884. The van der Waals surface area contributed by atoms with Crippen molar-refractivity contribution < 1.29 is 8.98 Å². The molecule has 1 fully saturated rings. The van der Waals surface area contributed by atoms with E-state index in [2.05, 4.69) is 0 Å². The molecular weight excluding hydrogens is 176 g/mol. The van der Waals surface area contributed by atoms with Crippen LogP contribution in [0.1, 0.15) is 0 Å². The minimum Gasteiger partial charge on any atom is -0.325 e. The number of carbonyl (C=O) groups excluding carboxylic acids is 1. The summed E-state index contributed by atoms with van der Waals surface area (Å²) in [5.41, 5.74) is 0. The molecule has 1 heterocycles. The molecule has 0 unspecified atom stereocenters. The first kappa shape index (κ1) is 9.67. The molecule has 2 amide bonds.